The first-order valence-corrected chi connectivity index (χ1v) is 7.47. The van der Waals surface area contributed by atoms with E-state index in [0.29, 0.717) is 6.54 Å². The number of nitrogens with zero attached hydrogens (tertiary/aromatic N) is 1. The fourth-order valence-electron chi connectivity index (χ4n) is 1.78. The van der Waals surface area contributed by atoms with Gasteiger partial charge in [-0.25, -0.2) is 0 Å². The molecular weight excluding hydrogens is 334 g/mol. The summed E-state index contributed by atoms with van der Waals surface area (Å²) in [4.78, 5) is 25.1. The third-order valence-corrected chi connectivity index (χ3v) is 3.67. The lowest BCUT2D eigenvalue weighted by Crippen LogP contribution is -2.52. The highest BCUT2D eigenvalue weighted by Crippen LogP contribution is 2.20. The van der Waals surface area contributed by atoms with Gasteiger partial charge in [0.25, 0.3) is 0 Å². The van der Waals surface area contributed by atoms with Crippen LogP contribution >= 0.6 is 15.9 Å². The fraction of sp³-hybridized carbons (Fsp3) is 0.467. The Morgan fingerprint density at radius 1 is 1.24 bits per heavy atom. The van der Waals surface area contributed by atoms with Crippen LogP contribution in [0.5, 0.6) is 0 Å². The molecule has 21 heavy (non-hydrogen) atoms. The Kier molecular flexibility index (Phi) is 5.92. The summed E-state index contributed by atoms with van der Waals surface area (Å²) in [6.07, 6.45) is 0. The predicted molar refractivity (Wildman–Crippen MR) is 86.2 cm³/mol. The summed E-state index contributed by atoms with van der Waals surface area (Å²) in [6.45, 7) is 5.82. The molecule has 2 amide bonds. The van der Waals surface area contributed by atoms with E-state index >= 15 is 0 Å². The predicted octanol–water partition coefficient (Wildman–Crippen LogP) is 1.64. The molecular formula is C15H22BrN3O2. The van der Waals surface area contributed by atoms with Gasteiger partial charge < -0.3 is 16.4 Å². The zero-order valence-electron chi connectivity index (χ0n) is 12.6. The van der Waals surface area contributed by atoms with Crippen LogP contribution in [0, 0.1) is 5.41 Å². The second-order valence-corrected chi connectivity index (χ2v) is 7.05. The lowest BCUT2D eigenvalue weighted by molar-refractivity contribution is -0.138. The third kappa shape index (κ3) is 5.47. The molecule has 116 valence electrons. The molecule has 0 aliphatic rings. The summed E-state index contributed by atoms with van der Waals surface area (Å²) in [7, 11) is 0. The average molecular weight is 356 g/mol. The largest absolute Gasteiger partial charge is 0.368 e. The van der Waals surface area contributed by atoms with Crippen molar-refractivity contribution >= 4 is 27.7 Å². The van der Waals surface area contributed by atoms with Crippen LogP contribution in [-0.4, -0.2) is 29.3 Å². The van der Waals surface area contributed by atoms with Crippen LogP contribution in [0.2, 0.25) is 0 Å². The minimum Gasteiger partial charge on any atom is -0.368 e. The monoisotopic (exact) mass is 355 g/mol. The molecule has 6 heteroatoms. The number of rotatable bonds is 5. The van der Waals surface area contributed by atoms with Gasteiger partial charge >= 0.3 is 0 Å². The summed E-state index contributed by atoms with van der Waals surface area (Å²) >= 11 is 3.36. The standard InChI is InChI=1S/C15H22BrN3O2/c1-15(2,3)13(18)14(21)19(9-12(17)20)8-10-4-6-11(16)7-5-10/h4-7,13H,8-9,18H2,1-3H3,(H2,17,20)/t13-/m1/s1. The van der Waals surface area contributed by atoms with E-state index < -0.39 is 11.9 Å². The van der Waals surface area contributed by atoms with Gasteiger partial charge in [0.05, 0.1) is 12.6 Å². The summed E-state index contributed by atoms with van der Waals surface area (Å²) < 4.78 is 0.949. The normalized spacial score (nSPS) is 12.8. The second kappa shape index (κ2) is 7.04. The van der Waals surface area contributed by atoms with Crippen molar-refractivity contribution in [2.75, 3.05) is 6.54 Å². The number of nitrogens with two attached hydrogens (primary N) is 2. The van der Waals surface area contributed by atoms with E-state index in [1.165, 1.54) is 4.90 Å². The number of primary amides is 1. The van der Waals surface area contributed by atoms with Gasteiger partial charge in [0.15, 0.2) is 0 Å². The Labute approximate surface area is 133 Å². The Hall–Kier alpha value is -1.40. The zero-order chi connectivity index (χ0) is 16.2. The van der Waals surface area contributed by atoms with Crippen molar-refractivity contribution in [2.45, 2.75) is 33.4 Å². The van der Waals surface area contributed by atoms with E-state index in [4.69, 9.17) is 11.5 Å². The molecule has 0 saturated heterocycles. The van der Waals surface area contributed by atoms with E-state index in [1.807, 2.05) is 45.0 Å². The summed E-state index contributed by atoms with van der Waals surface area (Å²) in [6, 6.07) is 6.84. The van der Waals surface area contributed by atoms with Crippen LogP contribution in [0.3, 0.4) is 0 Å². The van der Waals surface area contributed by atoms with Crippen molar-refractivity contribution in [3.63, 3.8) is 0 Å². The number of halogens is 1. The second-order valence-electron chi connectivity index (χ2n) is 6.13. The minimum absolute atomic E-state index is 0.140. The van der Waals surface area contributed by atoms with Crippen LogP contribution < -0.4 is 11.5 Å². The Balaban J connectivity index is 2.92. The molecule has 0 bridgehead atoms. The lowest BCUT2D eigenvalue weighted by Gasteiger charge is -2.31. The van der Waals surface area contributed by atoms with E-state index in [1.54, 1.807) is 0 Å². The molecule has 4 N–H and O–H groups in total. The van der Waals surface area contributed by atoms with Crippen LogP contribution in [0.1, 0.15) is 26.3 Å². The first-order chi connectivity index (χ1) is 9.61. The maximum atomic E-state index is 12.5. The minimum atomic E-state index is -0.688. The summed E-state index contributed by atoms with van der Waals surface area (Å²) in [5.74, 6) is -0.828. The number of carbonyl (C=O) groups excluding carboxylic acids is 2. The van der Waals surface area contributed by atoms with Gasteiger partial charge in [-0.1, -0.05) is 48.8 Å². The first kappa shape index (κ1) is 17.7. The molecule has 5 nitrogen and oxygen atoms in total. The quantitative estimate of drug-likeness (QED) is 0.840. The summed E-state index contributed by atoms with van der Waals surface area (Å²) in [5.41, 5.74) is 11.8. The van der Waals surface area contributed by atoms with E-state index in [-0.39, 0.29) is 17.9 Å². The molecule has 0 radical (unpaired) electrons. The smallest absolute Gasteiger partial charge is 0.240 e. The number of hydrogen-bond donors (Lipinski definition) is 2. The molecule has 0 saturated carbocycles. The van der Waals surface area contributed by atoms with Crippen molar-refractivity contribution in [1.29, 1.82) is 0 Å². The van der Waals surface area contributed by atoms with E-state index in [9.17, 15) is 9.59 Å². The molecule has 0 spiro atoms. The highest BCUT2D eigenvalue weighted by Gasteiger charge is 2.31. The number of amides is 2. The van der Waals surface area contributed by atoms with Gasteiger partial charge in [-0.05, 0) is 23.1 Å². The zero-order valence-corrected chi connectivity index (χ0v) is 14.2. The van der Waals surface area contributed by atoms with Crippen molar-refractivity contribution in [3.05, 3.63) is 34.3 Å². The molecule has 0 unspecified atom stereocenters. The van der Waals surface area contributed by atoms with Gasteiger partial charge in [-0.15, -0.1) is 0 Å². The van der Waals surface area contributed by atoms with Crippen LogP contribution in [-0.2, 0) is 16.1 Å². The van der Waals surface area contributed by atoms with E-state index in [0.717, 1.165) is 10.0 Å². The molecule has 1 aromatic rings. The average Bonchev–Trinajstić information content (AvgIpc) is 2.37. The maximum absolute atomic E-state index is 12.5. The highest BCUT2D eigenvalue weighted by atomic mass is 79.9. The maximum Gasteiger partial charge on any atom is 0.240 e. The van der Waals surface area contributed by atoms with Gasteiger partial charge in [-0.2, -0.15) is 0 Å². The fourth-order valence-corrected chi connectivity index (χ4v) is 2.04. The number of carbonyl (C=O) groups is 2. The van der Waals surface area contributed by atoms with Gasteiger partial charge in [0.1, 0.15) is 0 Å². The van der Waals surface area contributed by atoms with E-state index in [2.05, 4.69) is 15.9 Å². The molecule has 1 atom stereocenters. The van der Waals surface area contributed by atoms with Gasteiger partial charge in [0, 0.05) is 11.0 Å². The molecule has 0 aliphatic carbocycles. The Morgan fingerprint density at radius 3 is 2.19 bits per heavy atom. The van der Waals surface area contributed by atoms with Gasteiger partial charge in [-0.3, -0.25) is 9.59 Å². The van der Waals surface area contributed by atoms with Crippen molar-refractivity contribution in [1.82, 2.24) is 4.90 Å². The molecule has 0 aromatic heterocycles. The van der Waals surface area contributed by atoms with Gasteiger partial charge in [0.2, 0.25) is 11.8 Å². The Morgan fingerprint density at radius 2 is 1.76 bits per heavy atom. The molecule has 1 aromatic carbocycles. The lowest BCUT2D eigenvalue weighted by atomic mass is 9.86. The highest BCUT2D eigenvalue weighted by molar-refractivity contribution is 9.10. The molecule has 0 heterocycles. The topological polar surface area (TPSA) is 89.4 Å². The number of benzene rings is 1. The Bertz CT molecular complexity index is 509. The van der Waals surface area contributed by atoms with Crippen molar-refractivity contribution < 1.29 is 9.59 Å². The summed E-state index contributed by atoms with van der Waals surface area (Å²) in [5, 5.41) is 0. The molecule has 1 rings (SSSR count). The SMILES string of the molecule is CC(C)(C)[C@H](N)C(=O)N(CC(N)=O)Cc1ccc(Br)cc1. The molecule has 0 fully saturated rings. The molecule has 0 aliphatic heterocycles. The van der Waals surface area contributed by atoms with Crippen molar-refractivity contribution in [2.24, 2.45) is 16.9 Å². The van der Waals surface area contributed by atoms with Crippen LogP contribution in [0.25, 0.3) is 0 Å². The van der Waals surface area contributed by atoms with Crippen LogP contribution in [0.4, 0.5) is 0 Å². The number of hydrogen-bond acceptors (Lipinski definition) is 3. The van der Waals surface area contributed by atoms with Crippen molar-refractivity contribution in [3.8, 4) is 0 Å². The first-order valence-electron chi connectivity index (χ1n) is 6.68. The van der Waals surface area contributed by atoms with Crippen LogP contribution in [0.15, 0.2) is 28.7 Å². The third-order valence-electron chi connectivity index (χ3n) is 3.14.